The topological polar surface area (TPSA) is 101 Å². The average molecular weight is 399 g/mol. The van der Waals surface area contributed by atoms with Gasteiger partial charge in [0.15, 0.2) is 5.84 Å². The number of alkyl carbamates (subject to hydrolysis) is 1. The number of hydrogen-bond acceptors (Lipinski definition) is 6. The number of oxime groups is 1. The van der Waals surface area contributed by atoms with Crippen LogP contribution in [0.15, 0.2) is 59.8 Å². The molecule has 29 heavy (non-hydrogen) atoms. The number of amidine groups is 1. The molecule has 8 heteroatoms. The zero-order valence-corrected chi connectivity index (χ0v) is 16.2. The number of aliphatic hydroxyl groups excluding tert-OH is 1. The van der Waals surface area contributed by atoms with Crippen molar-refractivity contribution in [3.8, 4) is 5.75 Å². The van der Waals surface area contributed by atoms with Crippen molar-refractivity contribution in [3.63, 3.8) is 0 Å². The molecule has 3 rings (SSSR count). The van der Waals surface area contributed by atoms with Crippen LogP contribution < -0.4 is 15.4 Å². The van der Waals surface area contributed by atoms with Gasteiger partial charge in [0.1, 0.15) is 25.0 Å². The van der Waals surface area contributed by atoms with Gasteiger partial charge in [0.05, 0.1) is 13.7 Å². The molecule has 1 amide bonds. The molecule has 0 saturated carbocycles. The van der Waals surface area contributed by atoms with Crippen molar-refractivity contribution in [3.05, 3.63) is 65.7 Å². The molecule has 0 unspecified atom stereocenters. The molecule has 0 aliphatic carbocycles. The molecule has 3 N–H and O–H groups in total. The van der Waals surface area contributed by atoms with Gasteiger partial charge in [0.25, 0.3) is 0 Å². The Morgan fingerprint density at radius 2 is 1.97 bits per heavy atom. The van der Waals surface area contributed by atoms with Crippen LogP contribution in [0.1, 0.15) is 17.0 Å². The van der Waals surface area contributed by atoms with Gasteiger partial charge >= 0.3 is 6.09 Å². The SMILES string of the molecule is COc1ccc([C@@H]2CN/C(=N\OCCO)[C@H]2NC(=O)OCc2ccccc2)cc1. The van der Waals surface area contributed by atoms with Gasteiger partial charge in [-0.3, -0.25) is 0 Å². The van der Waals surface area contributed by atoms with Crippen molar-refractivity contribution in [1.82, 2.24) is 10.6 Å². The highest BCUT2D eigenvalue weighted by Crippen LogP contribution is 2.26. The molecule has 1 fully saturated rings. The maximum Gasteiger partial charge on any atom is 0.408 e. The number of hydrogen-bond donors (Lipinski definition) is 3. The van der Waals surface area contributed by atoms with Crippen LogP contribution in [0.3, 0.4) is 0 Å². The first-order chi connectivity index (χ1) is 14.2. The summed E-state index contributed by atoms with van der Waals surface area (Å²) < 4.78 is 10.6. The zero-order chi connectivity index (χ0) is 20.5. The molecule has 1 aliphatic rings. The second-order valence-electron chi connectivity index (χ2n) is 6.48. The summed E-state index contributed by atoms with van der Waals surface area (Å²) in [6.07, 6.45) is -0.545. The molecule has 0 spiro atoms. The summed E-state index contributed by atoms with van der Waals surface area (Å²) in [5.74, 6) is 1.17. The molecule has 8 nitrogen and oxygen atoms in total. The van der Waals surface area contributed by atoms with E-state index in [-0.39, 0.29) is 25.7 Å². The van der Waals surface area contributed by atoms with Crippen molar-refractivity contribution in [1.29, 1.82) is 0 Å². The smallest absolute Gasteiger partial charge is 0.408 e. The minimum Gasteiger partial charge on any atom is -0.497 e. The highest BCUT2D eigenvalue weighted by atomic mass is 16.6. The molecule has 1 saturated heterocycles. The fraction of sp³-hybridized carbons (Fsp3) is 0.333. The molecule has 2 aromatic rings. The molecule has 2 atom stereocenters. The van der Waals surface area contributed by atoms with Gasteiger partial charge in [0, 0.05) is 12.5 Å². The summed E-state index contributed by atoms with van der Waals surface area (Å²) in [6, 6.07) is 16.7. The predicted molar refractivity (Wildman–Crippen MR) is 108 cm³/mol. The third-order valence-corrected chi connectivity index (χ3v) is 4.58. The van der Waals surface area contributed by atoms with Crippen molar-refractivity contribution in [2.24, 2.45) is 5.16 Å². The van der Waals surface area contributed by atoms with E-state index in [0.717, 1.165) is 16.9 Å². The fourth-order valence-corrected chi connectivity index (χ4v) is 3.10. The Morgan fingerprint density at radius 1 is 1.21 bits per heavy atom. The Morgan fingerprint density at radius 3 is 2.66 bits per heavy atom. The monoisotopic (exact) mass is 399 g/mol. The molecular weight excluding hydrogens is 374 g/mol. The van der Waals surface area contributed by atoms with E-state index in [1.54, 1.807) is 7.11 Å². The van der Waals surface area contributed by atoms with Crippen molar-refractivity contribution in [2.75, 3.05) is 26.9 Å². The highest BCUT2D eigenvalue weighted by molar-refractivity contribution is 5.93. The summed E-state index contributed by atoms with van der Waals surface area (Å²) in [5, 5.41) is 19.0. The Labute approximate surface area is 169 Å². The first-order valence-electron chi connectivity index (χ1n) is 9.37. The van der Waals surface area contributed by atoms with Crippen LogP contribution >= 0.6 is 0 Å². The molecule has 0 aromatic heterocycles. The molecule has 2 aromatic carbocycles. The quantitative estimate of drug-likeness (QED) is 0.464. The van der Waals surface area contributed by atoms with Crippen LogP contribution in [0.4, 0.5) is 4.79 Å². The minimum absolute atomic E-state index is 0.0679. The maximum absolute atomic E-state index is 12.4. The van der Waals surface area contributed by atoms with Crippen LogP contribution in [0, 0.1) is 0 Å². The summed E-state index contributed by atoms with van der Waals surface area (Å²) in [4.78, 5) is 17.5. The first kappa shape index (κ1) is 20.5. The first-order valence-corrected chi connectivity index (χ1v) is 9.37. The number of nitrogens with one attached hydrogen (secondary N) is 2. The van der Waals surface area contributed by atoms with Crippen LogP contribution in [0.25, 0.3) is 0 Å². The number of ether oxygens (including phenoxy) is 2. The van der Waals surface area contributed by atoms with E-state index in [4.69, 9.17) is 19.4 Å². The number of methoxy groups -OCH3 is 1. The number of amides is 1. The van der Waals surface area contributed by atoms with Crippen LogP contribution in [0.2, 0.25) is 0 Å². The lowest BCUT2D eigenvalue weighted by molar-refractivity contribution is 0.0970. The summed E-state index contributed by atoms with van der Waals surface area (Å²) in [6.45, 7) is 0.671. The summed E-state index contributed by atoms with van der Waals surface area (Å²) >= 11 is 0. The number of aliphatic hydroxyl groups is 1. The molecule has 0 bridgehead atoms. The van der Waals surface area contributed by atoms with Crippen molar-refractivity contribution in [2.45, 2.75) is 18.6 Å². The highest BCUT2D eigenvalue weighted by Gasteiger charge is 2.36. The number of benzene rings is 2. The lowest BCUT2D eigenvalue weighted by Gasteiger charge is -2.20. The number of carbonyl (C=O) groups excluding carboxylic acids is 1. The Hall–Kier alpha value is -3.26. The van der Waals surface area contributed by atoms with E-state index < -0.39 is 12.1 Å². The van der Waals surface area contributed by atoms with E-state index in [1.165, 1.54) is 0 Å². The van der Waals surface area contributed by atoms with Crippen LogP contribution in [-0.2, 0) is 16.2 Å². The third kappa shape index (κ3) is 5.61. The normalized spacial score (nSPS) is 19.4. The van der Waals surface area contributed by atoms with Gasteiger partial charge in [0.2, 0.25) is 0 Å². The van der Waals surface area contributed by atoms with Crippen LogP contribution in [-0.4, -0.2) is 49.9 Å². The molecule has 154 valence electrons. The van der Waals surface area contributed by atoms with Gasteiger partial charge in [-0.25, -0.2) is 4.79 Å². The third-order valence-electron chi connectivity index (χ3n) is 4.58. The molecular formula is C21H25N3O5. The second kappa shape index (κ2) is 10.3. The summed E-state index contributed by atoms with van der Waals surface area (Å²) in [7, 11) is 1.61. The number of carbonyl (C=O) groups is 1. The Bertz CT molecular complexity index is 811. The Balaban J connectivity index is 1.70. The minimum atomic E-state index is -0.545. The van der Waals surface area contributed by atoms with E-state index >= 15 is 0 Å². The fourth-order valence-electron chi connectivity index (χ4n) is 3.10. The lowest BCUT2D eigenvalue weighted by Crippen LogP contribution is -2.43. The zero-order valence-electron chi connectivity index (χ0n) is 16.2. The van der Waals surface area contributed by atoms with Gasteiger partial charge in [-0.1, -0.05) is 47.6 Å². The largest absolute Gasteiger partial charge is 0.497 e. The Kier molecular flexibility index (Phi) is 7.29. The summed E-state index contributed by atoms with van der Waals surface area (Å²) in [5.41, 5.74) is 1.91. The second-order valence-corrected chi connectivity index (χ2v) is 6.48. The van der Waals surface area contributed by atoms with E-state index in [0.29, 0.717) is 12.4 Å². The molecule has 1 aliphatic heterocycles. The maximum atomic E-state index is 12.4. The van der Waals surface area contributed by atoms with Crippen molar-refractivity contribution < 1.29 is 24.2 Å². The number of nitrogens with zero attached hydrogens (tertiary/aromatic N) is 1. The molecule has 0 radical (unpaired) electrons. The van der Waals surface area contributed by atoms with Crippen molar-refractivity contribution >= 4 is 11.9 Å². The van der Waals surface area contributed by atoms with Gasteiger partial charge in [-0.2, -0.15) is 0 Å². The van der Waals surface area contributed by atoms with E-state index in [9.17, 15) is 4.79 Å². The van der Waals surface area contributed by atoms with Crippen LogP contribution in [0.5, 0.6) is 5.75 Å². The van der Waals surface area contributed by atoms with E-state index in [2.05, 4.69) is 15.8 Å². The lowest BCUT2D eigenvalue weighted by atomic mass is 9.94. The molecule has 1 heterocycles. The average Bonchev–Trinajstić information content (AvgIpc) is 3.15. The standard InChI is InChI=1S/C21H25N3O5/c1-27-17-9-7-16(8-10-17)18-13-22-20(24-29-12-11-25)19(18)23-21(26)28-14-15-5-3-2-4-6-15/h2-10,18-19,25H,11-14H2,1H3,(H,22,24)(H,23,26)/t18-,19-/m0/s1. The van der Waals surface area contributed by atoms with E-state index in [1.807, 2.05) is 54.6 Å². The van der Waals surface area contributed by atoms with Gasteiger partial charge < -0.3 is 30.1 Å². The van der Waals surface area contributed by atoms with Gasteiger partial charge in [-0.15, -0.1) is 0 Å². The predicted octanol–water partition coefficient (Wildman–Crippen LogP) is 2.00. The number of rotatable bonds is 8. The van der Waals surface area contributed by atoms with Gasteiger partial charge in [-0.05, 0) is 23.3 Å².